The van der Waals surface area contributed by atoms with E-state index in [4.69, 9.17) is 9.47 Å². The number of rotatable bonds is 5. The van der Waals surface area contributed by atoms with Crippen molar-refractivity contribution in [1.82, 2.24) is 0 Å². The van der Waals surface area contributed by atoms with Gasteiger partial charge in [0.25, 0.3) is 0 Å². The predicted molar refractivity (Wildman–Crippen MR) is 82.4 cm³/mol. The quantitative estimate of drug-likeness (QED) is 0.903. The van der Waals surface area contributed by atoms with Crippen molar-refractivity contribution in [2.75, 3.05) is 26.3 Å². The first-order chi connectivity index (χ1) is 10.4. The summed E-state index contributed by atoms with van der Waals surface area (Å²) in [5, 5.41) is 0. The van der Waals surface area contributed by atoms with E-state index in [2.05, 4.69) is 36.4 Å². The Morgan fingerprint density at radius 3 is 2.29 bits per heavy atom. The molecule has 3 nitrogen and oxygen atoms in total. The first-order valence-corrected chi connectivity index (χ1v) is 7.57. The van der Waals surface area contributed by atoms with Crippen molar-refractivity contribution in [3.63, 3.8) is 0 Å². The molecule has 21 heavy (non-hydrogen) atoms. The van der Waals surface area contributed by atoms with Gasteiger partial charge in [0.05, 0.1) is 13.2 Å². The highest BCUT2D eigenvalue weighted by Crippen LogP contribution is 2.13. The number of nitrogens with one attached hydrogen (secondary N) is 1. The highest BCUT2D eigenvalue weighted by atomic mass is 16.5. The number of ether oxygens (including phenoxy) is 2. The minimum absolute atomic E-state index is 0.620. The Morgan fingerprint density at radius 2 is 1.57 bits per heavy atom. The lowest BCUT2D eigenvalue weighted by atomic mass is 10.2. The second kappa shape index (κ2) is 7.25. The lowest BCUT2D eigenvalue weighted by Crippen LogP contribution is -3.12. The zero-order chi connectivity index (χ0) is 14.3. The van der Waals surface area contributed by atoms with E-state index in [1.807, 2.05) is 18.2 Å². The Kier molecular flexibility index (Phi) is 4.87. The summed E-state index contributed by atoms with van der Waals surface area (Å²) in [5.74, 6) is 0.930. The molecule has 3 rings (SSSR count). The van der Waals surface area contributed by atoms with Crippen LogP contribution in [0.3, 0.4) is 0 Å². The van der Waals surface area contributed by atoms with Gasteiger partial charge in [0.1, 0.15) is 32.0 Å². The van der Waals surface area contributed by atoms with E-state index in [-0.39, 0.29) is 0 Å². The second-order valence-corrected chi connectivity index (χ2v) is 5.46. The summed E-state index contributed by atoms with van der Waals surface area (Å²) in [6.07, 6.45) is 0. The van der Waals surface area contributed by atoms with E-state index in [0.717, 1.165) is 38.6 Å². The molecule has 0 unspecified atom stereocenters. The first kappa shape index (κ1) is 14.1. The number of hydrogen-bond acceptors (Lipinski definition) is 2. The van der Waals surface area contributed by atoms with Crippen LogP contribution in [0.2, 0.25) is 0 Å². The Morgan fingerprint density at radius 1 is 0.857 bits per heavy atom. The SMILES string of the molecule is c1ccc(COc2ccc(C[NH+]3CCOCC3)cc2)cc1. The molecule has 1 saturated heterocycles. The molecule has 0 aromatic heterocycles. The van der Waals surface area contributed by atoms with E-state index in [9.17, 15) is 0 Å². The van der Waals surface area contributed by atoms with E-state index >= 15 is 0 Å². The topological polar surface area (TPSA) is 22.9 Å². The summed E-state index contributed by atoms with van der Waals surface area (Å²) < 4.78 is 11.2. The number of hydrogen-bond donors (Lipinski definition) is 1. The van der Waals surface area contributed by atoms with Crippen LogP contribution in [0.1, 0.15) is 11.1 Å². The van der Waals surface area contributed by atoms with E-state index in [1.54, 1.807) is 4.90 Å². The molecule has 1 N–H and O–H groups in total. The van der Waals surface area contributed by atoms with E-state index < -0.39 is 0 Å². The van der Waals surface area contributed by atoms with Crippen LogP contribution in [0.15, 0.2) is 54.6 Å². The molecule has 1 aliphatic heterocycles. The fourth-order valence-corrected chi connectivity index (χ4v) is 2.57. The molecule has 0 spiro atoms. The van der Waals surface area contributed by atoms with Gasteiger partial charge in [-0.1, -0.05) is 30.3 Å². The normalized spacial score (nSPS) is 15.8. The fraction of sp³-hybridized carbons (Fsp3) is 0.333. The van der Waals surface area contributed by atoms with Crippen LogP contribution in [-0.4, -0.2) is 26.3 Å². The molecule has 0 atom stereocenters. The van der Waals surface area contributed by atoms with Gasteiger partial charge in [0.15, 0.2) is 0 Å². The molecule has 1 fully saturated rings. The van der Waals surface area contributed by atoms with Gasteiger partial charge in [-0.2, -0.15) is 0 Å². The maximum Gasteiger partial charge on any atom is 0.119 e. The molecule has 2 aromatic carbocycles. The molecular weight excluding hydrogens is 262 g/mol. The molecule has 1 heterocycles. The number of quaternary nitrogens is 1. The molecule has 0 amide bonds. The van der Waals surface area contributed by atoms with Gasteiger partial charge < -0.3 is 14.4 Å². The van der Waals surface area contributed by atoms with Crippen LogP contribution in [0.25, 0.3) is 0 Å². The van der Waals surface area contributed by atoms with Crippen molar-refractivity contribution in [3.05, 3.63) is 65.7 Å². The highest BCUT2D eigenvalue weighted by molar-refractivity contribution is 5.27. The molecule has 0 aliphatic carbocycles. The van der Waals surface area contributed by atoms with Crippen LogP contribution in [0, 0.1) is 0 Å². The van der Waals surface area contributed by atoms with Crippen LogP contribution in [0.5, 0.6) is 5.75 Å². The summed E-state index contributed by atoms with van der Waals surface area (Å²) in [5.41, 5.74) is 2.55. The summed E-state index contributed by atoms with van der Waals surface area (Å²) in [7, 11) is 0. The number of morpholine rings is 1. The molecule has 110 valence electrons. The molecule has 0 radical (unpaired) electrons. The molecular formula is C18H22NO2+. The minimum Gasteiger partial charge on any atom is -0.489 e. The van der Waals surface area contributed by atoms with Crippen molar-refractivity contribution in [1.29, 1.82) is 0 Å². The largest absolute Gasteiger partial charge is 0.489 e. The average molecular weight is 284 g/mol. The van der Waals surface area contributed by atoms with Crippen molar-refractivity contribution >= 4 is 0 Å². The lowest BCUT2D eigenvalue weighted by Gasteiger charge is -2.23. The second-order valence-electron chi connectivity index (χ2n) is 5.46. The van der Waals surface area contributed by atoms with Crippen molar-refractivity contribution in [3.8, 4) is 5.75 Å². The van der Waals surface area contributed by atoms with Gasteiger partial charge in [-0.3, -0.25) is 0 Å². The maximum atomic E-state index is 5.81. The average Bonchev–Trinajstić information content (AvgIpc) is 2.56. The monoisotopic (exact) mass is 284 g/mol. The third-order valence-corrected chi connectivity index (χ3v) is 3.83. The predicted octanol–water partition coefficient (Wildman–Crippen LogP) is 1.68. The number of benzene rings is 2. The summed E-state index contributed by atoms with van der Waals surface area (Å²) in [6.45, 7) is 5.66. The van der Waals surface area contributed by atoms with E-state index in [0.29, 0.717) is 6.61 Å². The molecule has 1 aliphatic rings. The first-order valence-electron chi connectivity index (χ1n) is 7.57. The van der Waals surface area contributed by atoms with Crippen molar-refractivity contribution < 1.29 is 14.4 Å². The summed E-state index contributed by atoms with van der Waals surface area (Å²) in [6, 6.07) is 18.7. The van der Waals surface area contributed by atoms with Gasteiger partial charge in [-0.15, -0.1) is 0 Å². The molecule has 3 heteroatoms. The van der Waals surface area contributed by atoms with Gasteiger partial charge in [-0.25, -0.2) is 0 Å². The van der Waals surface area contributed by atoms with Crippen LogP contribution in [0.4, 0.5) is 0 Å². The maximum absolute atomic E-state index is 5.81. The van der Waals surface area contributed by atoms with E-state index in [1.165, 1.54) is 11.1 Å². The van der Waals surface area contributed by atoms with Gasteiger partial charge in [0, 0.05) is 5.56 Å². The van der Waals surface area contributed by atoms with Gasteiger partial charge in [-0.05, 0) is 29.8 Å². The van der Waals surface area contributed by atoms with Crippen LogP contribution < -0.4 is 9.64 Å². The Hall–Kier alpha value is -1.84. The Labute approximate surface area is 126 Å². The smallest absolute Gasteiger partial charge is 0.119 e. The Bertz CT molecular complexity index is 533. The minimum atomic E-state index is 0.620. The molecule has 0 saturated carbocycles. The Balaban J connectivity index is 1.51. The third-order valence-electron chi connectivity index (χ3n) is 3.83. The third kappa shape index (κ3) is 4.31. The van der Waals surface area contributed by atoms with Crippen molar-refractivity contribution in [2.45, 2.75) is 13.2 Å². The zero-order valence-corrected chi connectivity index (χ0v) is 12.3. The standard InChI is InChI=1S/C18H21NO2/c1-2-4-17(5-3-1)15-21-18-8-6-16(7-9-18)14-19-10-12-20-13-11-19/h1-9H,10-15H2/p+1. The van der Waals surface area contributed by atoms with Gasteiger partial charge in [0.2, 0.25) is 0 Å². The molecule has 0 bridgehead atoms. The summed E-state index contributed by atoms with van der Waals surface area (Å²) in [4.78, 5) is 1.60. The lowest BCUT2D eigenvalue weighted by molar-refractivity contribution is -0.921. The molecule has 2 aromatic rings. The van der Waals surface area contributed by atoms with Gasteiger partial charge >= 0.3 is 0 Å². The van der Waals surface area contributed by atoms with Crippen LogP contribution in [-0.2, 0) is 17.9 Å². The van der Waals surface area contributed by atoms with Crippen molar-refractivity contribution in [2.24, 2.45) is 0 Å². The van der Waals surface area contributed by atoms with Crippen LogP contribution >= 0.6 is 0 Å². The summed E-state index contributed by atoms with van der Waals surface area (Å²) >= 11 is 0. The zero-order valence-electron chi connectivity index (χ0n) is 12.3. The highest BCUT2D eigenvalue weighted by Gasteiger charge is 2.13. The fourth-order valence-electron chi connectivity index (χ4n) is 2.57.